The predicted octanol–water partition coefficient (Wildman–Crippen LogP) is 3.39. The third-order valence-electron chi connectivity index (χ3n) is 6.15. The van der Waals surface area contributed by atoms with Gasteiger partial charge in [-0.15, -0.1) is 0 Å². The van der Waals surface area contributed by atoms with Crippen LogP contribution in [-0.2, 0) is 9.59 Å². The summed E-state index contributed by atoms with van der Waals surface area (Å²) >= 11 is 6.06. The fourth-order valence-electron chi connectivity index (χ4n) is 4.54. The molecule has 1 saturated heterocycles. The first kappa shape index (κ1) is 18.8. The molecule has 4 rings (SSSR count). The smallest absolute Gasteiger partial charge is 0.242 e. The van der Waals surface area contributed by atoms with Crippen molar-refractivity contribution in [1.82, 2.24) is 9.80 Å². The molecule has 0 bridgehead atoms. The van der Waals surface area contributed by atoms with Crippen LogP contribution in [0, 0.1) is 11.8 Å². The summed E-state index contributed by atoms with van der Waals surface area (Å²) in [7, 11) is 0. The highest BCUT2D eigenvalue weighted by Crippen LogP contribution is 2.33. The Morgan fingerprint density at radius 3 is 2.37 bits per heavy atom. The number of nitrogens with one attached hydrogen (secondary N) is 1. The van der Waals surface area contributed by atoms with Crippen LogP contribution in [0.25, 0.3) is 0 Å². The van der Waals surface area contributed by atoms with E-state index in [4.69, 9.17) is 11.6 Å². The van der Waals surface area contributed by atoms with Crippen molar-refractivity contribution in [2.24, 2.45) is 11.8 Å². The second-order valence-corrected chi connectivity index (χ2v) is 8.56. The zero-order valence-corrected chi connectivity index (χ0v) is 16.5. The molecule has 146 valence electrons. The van der Waals surface area contributed by atoms with Crippen molar-refractivity contribution < 1.29 is 9.59 Å². The van der Waals surface area contributed by atoms with Gasteiger partial charge in [-0.05, 0) is 49.8 Å². The fourth-order valence-corrected chi connectivity index (χ4v) is 4.73. The number of anilines is 1. The van der Waals surface area contributed by atoms with Crippen LogP contribution in [0.3, 0.4) is 0 Å². The highest BCUT2D eigenvalue weighted by Gasteiger charge is 2.39. The summed E-state index contributed by atoms with van der Waals surface area (Å²) in [5.41, 5.74) is 0.748. The van der Waals surface area contributed by atoms with E-state index in [2.05, 4.69) is 10.2 Å². The van der Waals surface area contributed by atoms with Gasteiger partial charge in [0, 0.05) is 42.8 Å². The molecule has 1 atom stereocenters. The molecule has 27 heavy (non-hydrogen) atoms. The van der Waals surface area contributed by atoms with Gasteiger partial charge in [0.05, 0.1) is 6.04 Å². The maximum atomic E-state index is 13.2. The molecule has 1 aromatic rings. The molecular weight excluding hydrogens is 362 g/mol. The predicted molar refractivity (Wildman–Crippen MR) is 107 cm³/mol. The summed E-state index contributed by atoms with van der Waals surface area (Å²) in [5.74, 6) is 1.05. The van der Waals surface area contributed by atoms with Gasteiger partial charge in [0.1, 0.15) is 0 Å². The van der Waals surface area contributed by atoms with E-state index in [1.807, 2.05) is 23.1 Å². The average Bonchev–Trinajstić information content (AvgIpc) is 3.38. The van der Waals surface area contributed by atoms with Crippen molar-refractivity contribution in [2.45, 2.75) is 44.6 Å². The topological polar surface area (TPSA) is 52.7 Å². The van der Waals surface area contributed by atoms with Crippen LogP contribution < -0.4 is 5.32 Å². The summed E-state index contributed by atoms with van der Waals surface area (Å²) < 4.78 is 0. The molecule has 0 radical (unpaired) electrons. The van der Waals surface area contributed by atoms with E-state index in [1.54, 1.807) is 6.07 Å². The van der Waals surface area contributed by atoms with Crippen LogP contribution in [0.15, 0.2) is 24.3 Å². The van der Waals surface area contributed by atoms with E-state index >= 15 is 0 Å². The number of amides is 2. The van der Waals surface area contributed by atoms with E-state index < -0.39 is 0 Å². The first-order chi connectivity index (χ1) is 13.1. The van der Waals surface area contributed by atoms with Crippen molar-refractivity contribution in [3.63, 3.8) is 0 Å². The Morgan fingerprint density at radius 1 is 1.04 bits per heavy atom. The molecule has 1 N–H and O–H groups in total. The number of hydrogen-bond donors (Lipinski definition) is 1. The Bertz CT molecular complexity index is 692. The molecule has 2 amide bonds. The van der Waals surface area contributed by atoms with Crippen molar-refractivity contribution in [3.05, 3.63) is 29.3 Å². The van der Waals surface area contributed by atoms with E-state index in [1.165, 1.54) is 12.8 Å². The van der Waals surface area contributed by atoms with E-state index in [-0.39, 0.29) is 17.9 Å². The zero-order chi connectivity index (χ0) is 18.8. The molecule has 3 aliphatic rings. The number of benzene rings is 1. The number of nitrogens with zero attached hydrogens (tertiary/aromatic N) is 2. The molecule has 3 fully saturated rings. The minimum atomic E-state index is -0.121. The van der Waals surface area contributed by atoms with Crippen molar-refractivity contribution in [2.75, 3.05) is 31.5 Å². The van der Waals surface area contributed by atoms with Crippen molar-refractivity contribution in [1.29, 1.82) is 0 Å². The van der Waals surface area contributed by atoms with Crippen LogP contribution in [0.1, 0.15) is 38.5 Å². The summed E-state index contributed by atoms with van der Waals surface area (Å²) in [6.45, 7) is 3.04. The quantitative estimate of drug-likeness (QED) is 0.839. The van der Waals surface area contributed by atoms with Gasteiger partial charge >= 0.3 is 0 Å². The number of carbonyl (C=O) groups is 2. The summed E-state index contributed by atoms with van der Waals surface area (Å²) in [6.07, 6.45) is 6.71. The Hall–Kier alpha value is -1.59. The Morgan fingerprint density at radius 2 is 1.74 bits per heavy atom. The van der Waals surface area contributed by atoms with Gasteiger partial charge in [0.25, 0.3) is 0 Å². The van der Waals surface area contributed by atoms with Gasteiger partial charge in [-0.1, -0.05) is 30.5 Å². The minimum absolute atomic E-state index is 0.0612. The number of hydrogen-bond acceptors (Lipinski definition) is 3. The lowest BCUT2D eigenvalue weighted by Crippen LogP contribution is -2.57. The summed E-state index contributed by atoms with van der Waals surface area (Å²) in [5, 5.41) is 3.70. The highest BCUT2D eigenvalue weighted by atomic mass is 35.5. The maximum absolute atomic E-state index is 13.2. The zero-order valence-electron chi connectivity index (χ0n) is 15.7. The first-order valence-corrected chi connectivity index (χ1v) is 10.6. The number of piperazine rings is 1. The van der Waals surface area contributed by atoms with Gasteiger partial charge in [0.15, 0.2) is 0 Å². The third kappa shape index (κ3) is 4.46. The standard InChI is InChI=1S/C21H28ClN3O2/c22-17-6-3-7-18(14-17)23-20(26)19(15-4-1-2-5-15)24-10-12-25(13-11-24)21(27)16-8-9-16/h3,6-7,14-16,19H,1-2,4-5,8-13H2,(H,23,26)/t19-/m1/s1. The largest absolute Gasteiger partial charge is 0.340 e. The van der Waals surface area contributed by atoms with Crippen LogP contribution >= 0.6 is 11.6 Å². The summed E-state index contributed by atoms with van der Waals surface area (Å²) in [4.78, 5) is 29.8. The second-order valence-electron chi connectivity index (χ2n) is 8.12. The number of halogens is 1. The van der Waals surface area contributed by atoms with Crippen LogP contribution in [-0.4, -0.2) is 53.8 Å². The molecule has 5 nitrogen and oxygen atoms in total. The Kier molecular flexibility index (Phi) is 5.69. The summed E-state index contributed by atoms with van der Waals surface area (Å²) in [6, 6.07) is 7.20. The molecule has 0 spiro atoms. The lowest BCUT2D eigenvalue weighted by atomic mass is 9.94. The fraction of sp³-hybridized carbons (Fsp3) is 0.619. The average molecular weight is 390 g/mol. The minimum Gasteiger partial charge on any atom is -0.340 e. The maximum Gasteiger partial charge on any atom is 0.242 e. The van der Waals surface area contributed by atoms with Crippen LogP contribution in [0.4, 0.5) is 5.69 Å². The molecule has 2 aliphatic carbocycles. The van der Waals surface area contributed by atoms with Crippen LogP contribution in [0.2, 0.25) is 5.02 Å². The van der Waals surface area contributed by atoms with Gasteiger partial charge in [-0.25, -0.2) is 0 Å². The first-order valence-electron chi connectivity index (χ1n) is 10.2. The SMILES string of the molecule is O=C(Nc1cccc(Cl)c1)[C@@H](C1CCCC1)N1CCN(C(=O)C2CC2)CC1. The molecule has 6 heteroatoms. The third-order valence-corrected chi connectivity index (χ3v) is 6.39. The van der Waals surface area contributed by atoms with Gasteiger partial charge in [0.2, 0.25) is 11.8 Å². The highest BCUT2D eigenvalue weighted by molar-refractivity contribution is 6.30. The lowest BCUT2D eigenvalue weighted by molar-refractivity contribution is -0.135. The number of rotatable bonds is 5. The Labute approximate surface area is 166 Å². The number of carbonyl (C=O) groups excluding carboxylic acids is 2. The molecule has 2 saturated carbocycles. The molecular formula is C21H28ClN3O2. The molecule has 0 unspecified atom stereocenters. The van der Waals surface area contributed by atoms with E-state index in [9.17, 15) is 9.59 Å². The van der Waals surface area contributed by atoms with Crippen molar-refractivity contribution >= 4 is 29.1 Å². The lowest BCUT2D eigenvalue weighted by Gasteiger charge is -2.40. The molecule has 0 aromatic heterocycles. The molecule has 1 aliphatic heterocycles. The van der Waals surface area contributed by atoms with E-state index in [0.717, 1.165) is 57.5 Å². The second kappa shape index (κ2) is 8.19. The van der Waals surface area contributed by atoms with Gasteiger partial charge < -0.3 is 10.2 Å². The van der Waals surface area contributed by atoms with Gasteiger partial charge in [-0.3, -0.25) is 14.5 Å². The molecule has 1 aromatic carbocycles. The monoisotopic (exact) mass is 389 g/mol. The van der Waals surface area contributed by atoms with E-state index in [0.29, 0.717) is 16.8 Å². The Balaban J connectivity index is 1.43. The van der Waals surface area contributed by atoms with Crippen molar-refractivity contribution in [3.8, 4) is 0 Å². The molecule has 1 heterocycles. The van der Waals surface area contributed by atoms with Crippen LogP contribution in [0.5, 0.6) is 0 Å². The normalized spacial score (nSPS) is 22.6. The van der Waals surface area contributed by atoms with Gasteiger partial charge in [-0.2, -0.15) is 0 Å².